The lowest BCUT2D eigenvalue weighted by molar-refractivity contribution is -0.117. The summed E-state index contributed by atoms with van der Waals surface area (Å²) in [5.41, 5.74) is 2.31. The smallest absolute Gasteiger partial charge is 0.251 e. The van der Waals surface area contributed by atoms with Crippen molar-refractivity contribution in [3.8, 4) is 0 Å². The van der Waals surface area contributed by atoms with Gasteiger partial charge in [-0.05, 0) is 80.2 Å². The maximum absolute atomic E-state index is 12.5. The Balaban J connectivity index is 1.25. The van der Waals surface area contributed by atoms with E-state index in [9.17, 15) is 9.59 Å². The SMILES string of the molecule is O=C(NCCN1CCCC1)c1ccc(NC(=O)C2CC2c2ccc(Cl)c(Cl)c2)cc1. The van der Waals surface area contributed by atoms with E-state index >= 15 is 0 Å². The van der Waals surface area contributed by atoms with Gasteiger partial charge in [0.05, 0.1) is 10.0 Å². The summed E-state index contributed by atoms with van der Waals surface area (Å²) in [6.45, 7) is 3.78. The van der Waals surface area contributed by atoms with Crippen molar-refractivity contribution in [2.45, 2.75) is 25.2 Å². The van der Waals surface area contributed by atoms with Crippen LogP contribution in [0.15, 0.2) is 42.5 Å². The number of likely N-dealkylation sites (tertiary alicyclic amines) is 1. The third-order valence-electron chi connectivity index (χ3n) is 5.83. The Hall–Kier alpha value is -2.08. The molecule has 158 valence electrons. The highest BCUT2D eigenvalue weighted by atomic mass is 35.5. The molecule has 0 radical (unpaired) electrons. The van der Waals surface area contributed by atoms with Crippen LogP contribution in [0.2, 0.25) is 10.0 Å². The molecule has 2 aromatic rings. The summed E-state index contributed by atoms with van der Waals surface area (Å²) < 4.78 is 0. The molecule has 1 heterocycles. The van der Waals surface area contributed by atoms with E-state index in [4.69, 9.17) is 23.2 Å². The van der Waals surface area contributed by atoms with E-state index in [2.05, 4.69) is 15.5 Å². The van der Waals surface area contributed by atoms with E-state index in [1.165, 1.54) is 12.8 Å². The number of benzene rings is 2. The first-order valence-electron chi connectivity index (χ1n) is 10.4. The molecule has 5 nitrogen and oxygen atoms in total. The van der Waals surface area contributed by atoms with Gasteiger partial charge in [0, 0.05) is 30.3 Å². The first-order chi connectivity index (χ1) is 14.5. The number of nitrogens with one attached hydrogen (secondary N) is 2. The highest BCUT2D eigenvalue weighted by Gasteiger charge is 2.44. The zero-order valence-electron chi connectivity index (χ0n) is 16.7. The molecule has 1 saturated carbocycles. The summed E-state index contributed by atoms with van der Waals surface area (Å²) in [5, 5.41) is 6.92. The highest BCUT2D eigenvalue weighted by molar-refractivity contribution is 6.42. The van der Waals surface area contributed by atoms with Crippen molar-refractivity contribution >= 4 is 40.7 Å². The lowest BCUT2D eigenvalue weighted by atomic mass is 10.1. The molecule has 0 bridgehead atoms. The van der Waals surface area contributed by atoms with Crippen molar-refractivity contribution in [2.24, 2.45) is 5.92 Å². The lowest BCUT2D eigenvalue weighted by Gasteiger charge is -2.14. The molecular weight excluding hydrogens is 421 g/mol. The van der Waals surface area contributed by atoms with Crippen LogP contribution in [0.3, 0.4) is 0 Å². The second-order valence-corrected chi connectivity index (χ2v) is 8.81. The second-order valence-electron chi connectivity index (χ2n) is 7.99. The number of carbonyl (C=O) groups excluding carboxylic acids is 2. The summed E-state index contributed by atoms with van der Waals surface area (Å²) in [4.78, 5) is 27.2. The Bertz CT molecular complexity index is 927. The van der Waals surface area contributed by atoms with Gasteiger partial charge in [-0.2, -0.15) is 0 Å². The Kier molecular flexibility index (Phi) is 6.61. The molecular formula is C23H25Cl2N3O2. The first kappa shape index (κ1) is 21.2. The fourth-order valence-corrected chi connectivity index (χ4v) is 4.28. The number of amides is 2. The fourth-order valence-electron chi connectivity index (χ4n) is 3.97. The topological polar surface area (TPSA) is 61.4 Å². The molecule has 2 N–H and O–H groups in total. The van der Waals surface area contributed by atoms with Crippen LogP contribution in [0.4, 0.5) is 5.69 Å². The van der Waals surface area contributed by atoms with Gasteiger partial charge in [0.2, 0.25) is 5.91 Å². The average Bonchev–Trinajstić information content (AvgIpc) is 3.38. The third kappa shape index (κ3) is 5.15. The predicted molar refractivity (Wildman–Crippen MR) is 120 cm³/mol. The summed E-state index contributed by atoms with van der Waals surface area (Å²) in [5.74, 6) is -0.0148. The van der Waals surface area contributed by atoms with E-state index < -0.39 is 0 Å². The molecule has 30 heavy (non-hydrogen) atoms. The minimum atomic E-state index is -0.0889. The molecule has 2 aromatic carbocycles. The molecule has 1 aliphatic carbocycles. The van der Waals surface area contributed by atoms with Crippen molar-refractivity contribution in [3.63, 3.8) is 0 Å². The Morgan fingerprint density at radius 2 is 1.73 bits per heavy atom. The molecule has 0 spiro atoms. The zero-order chi connectivity index (χ0) is 21.1. The largest absolute Gasteiger partial charge is 0.351 e. The van der Waals surface area contributed by atoms with Crippen molar-refractivity contribution < 1.29 is 9.59 Å². The summed E-state index contributed by atoms with van der Waals surface area (Å²) >= 11 is 12.0. The van der Waals surface area contributed by atoms with Crippen LogP contribution < -0.4 is 10.6 Å². The zero-order valence-corrected chi connectivity index (χ0v) is 18.2. The molecule has 7 heteroatoms. The standard InChI is InChI=1S/C23H25Cl2N3O2/c24-20-8-5-16(13-21(20)25)18-14-19(18)23(30)27-17-6-3-15(4-7-17)22(29)26-9-12-28-10-1-2-11-28/h3-8,13,18-19H,1-2,9-12,14H2,(H,26,29)(H,27,30). The Labute approximate surface area is 186 Å². The number of hydrogen-bond donors (Lipinski definition) is 2. The van der Waals surface area contributed by atoms with E-state index in [1.54, 1.807) is 30.3 Å². The Morgan fingerprint density at radius 1 is 1.00 bits per heavy atom. The molecule has 2 amide bonds. The van der Waals surface area contributed by atoms with Crippen LogP contribution >= 0.6 is 23.2 Å². The summed E-state index contributed by atoms with van der Waals surface area (Å²) in [7, 11) is 0. The van der Waals surface area contributed by atoms with Crippen LogP contribution in [0, 0.1) is 5.92 Å². The predicted octanol–water partition coefficient (Wildman–Crippen LogP) is 4.56. The van der Waals surface area contributed by atoms with Gasteiger partial charge < -0.3 is 15.5 Å². The molecule has 0 aromatic heterocycles. The van der Waals surface area contributed by atoms with Crippen molar-refractivity contribution in [3.05, 3.63) is 63.6 Å². The molecule has 4 rings (SSSR count). The number of carbonyl (C=O) groups is 2. The monoisotopic (exact) mass is 445 g/mol. The van der Waals surface area contributed by atoms with Crippen molar-refractivity contribution in [1.82, 2.24) is 10.2 Å². The van der Waals surface area contributed by atoms with E-state index in [-0.39, 0.29) is 23.7 Å². The van der Waals surface area contributed by atoms with Crippen LogP contribution in [-0.2, 0) is 4.79 Å². The van der Waals surface area contributed by atoms with Crippen LogP contribution in [-0.4, -0.2) is 42.9 Å². The van der Waals surface area contributed by atoms with E-state index in [0.717, 1.165) is 31.6 Å². The lowest BCUT2D eigenvalue weighted by Crippen LogP contribution is -2.33. The molecule has 2 unspecified atom stereocenters. The second kappa shape index (κ2) is 9.38. The maximum atomic E-state index is 12.5. The Morgan fingerprint density at radius 3 is 2.43 bits per heavy atom. The van der Waals surface area contributed by atoms with Crippen LogP contribution in [0.1, 0.15) is 41.1 Å². The summed E-state index contributed by atoms with van der Waals surface area (Å²) in [6, 6.07) is 12.5. The average molecular weight is 446 g/mol. The first-order valence-corrected chi connectivity index (χ1v) is 11.1. The third-order valence-corrected chi connectivity index (χ3v) is 6.56. The minimum Gasteiger partial charge on any atom is -0.351 e. The quantitative estimate of drug-likeness (QED) is 0.656. The molecule has 2 aliphatic rings. The highest BCUT2D eigenvalue weighted by Crippen LogP contribution is 2.48. The normalized spacial score (nSPS) is 20.7. The molecule has 1 aliphatic heterocycles. The number of rotatable bonds is 7. The number of hydrogen-bond acceptors (Lipinski definition) is 3. The van der Waals surface area contributed by atoms with Gasteiger partial charge in [0.15, 0.2) is 0 Å². The van der Waals surface area contributed by atoms with Gasteiger partial charge in [0.1, 0.15) is 0 Å². The molecule has 2 atom stereocenters. The van der Waals surface area contributed by atoms with Crippen molar-refractivity contribution in [2.75, 3.05) is 31.5 Å². The van der Waals surface area contributed by atoms with Gasteiger partial charge in [-0.1, -0.05) is 29.3 Å². The number of halogens is 2. The van der Waals surface area contributed by atoms with Gasteiger partial charge in [0.25, 0.3) is 5.91 Å². The minimum absolute atomic E-state index is 0.0195. The van der Waals surface area contributed by atoms with Crippen LogP contribution in [0.25, 0.3) is 0 Å². The van der Waals surface area contributed by atoms with Crippen LogP contribution in [0.5, 0.6) is 0 Å². The summed E-state index contributed by atoms with van der Waals surface area (Å²) in [6.07, 6.45) is 3.29. The van der Waals surface area contributed by atoms with E-state index in [0.29, 0.717) is 27.8 Å². The fraction of sp³-hybridized carbons (Fsp3) is 0.391. The molecule has 1 saturated heterocycles. The van der Waals surface area contributed by atoms with Gasteiger partial charge in [-0.25, -0.2) is 0 Å². The maximum Gasteiger partial charge on any atom is 0.251 e. The van der Waals surface area contributed by atoms with Gasteiger partial charge in [-0.15, -0.1) is 0 Å². The molecule has 2 fully saturated rings. The van der Waals surface area contributed by atoms with Gasteiger partial charge in [-0.3, -0.25) is 9.59 Å². The number of anilines is 1. The van der Waals surface area contributed by atoms with Gasteiger partial charge >= 0.3 is 0 Å². The van der Waals surface area contributed by atoms with E-state index in [1.807, 2.05) is 12.1 Å². The van der Waals surface area contributed by atoms with Crippen molar-refractivity contribution in [1.29, 1.82) is 0 Å². The number of nitrogens with zero attached hydrogens (tertiary/aromatic N) is 1.